The van der Waals surface area contributed by atoms with Crippen LogP contribution in [-0.2, 0) is 9.59 Å². The monoisotopic (exact) mass is 290 g/mol. The first kappa shape index (κ1) is 13.3. The summed E-state index contributed by atoms with van der Waals surface area (Å²) in [4.78, 5) is 26.3. The molecule has 3 aliphatic rings. The van der Waals surface area contributed by atoms with Crippen molar-refractivity contribution < 1.29 is 22.8 Å². The van der Waals surface area contributed by atoms with Gasteiger partial charge < -0.3 is 9.80 Å². The van der Waals surface area contributed by atoms with Gasteiger partial charge in [-0.25, -0.2) is 0 Å². The Morgan fingerprint density at radius 3 is 2.55 bits per heavy atom. The standard InChI is InChI=1S/C11H13F3N4O2/c12-11(13,14)6-17-3-1-2-7(8(17)19)9(20)18-4-10(5-18)15-16-10/h7H,1-6H2. The molecule has 3 rings (SSSR count). The number of hydrogen-bond donors (Lipinski definition) is 0. The first-order chi connectivity index (χ1) is 9.30. The van der Waals surface area contributed by atoms with Crippen LogP contribution >= 0.6 is 0 Å². The Morgan fingerprint density at radius 2 is 2.00 bits per heavy atom. The Bertz CT molecular complexity index is 477. The fraction of sp³-hybridized carbons (Fsp3) is 0.818. The van der Waals surface area contributed by atoms with E-state index >= 15 is 0 Å². The number of amides is 2. The molecule has 0 radical (unpaired) electrons. The van der Waals surface area contributed by atoms with Crippen molar-refractivity contribution in [2.75, 3.05) is 26.2 Å². The van der Waals surface area contributed by atoms with Gasteiger partial charge in [-0.15, -0.1) is 0 Å². The lowest BCUT2D eigenvalue weighted by atomic mass is 9.93. The molecule has 3 heterocycles. The van der Waals surface area contributed by atoms with Crippen LogP contribution in [0.5, 0.6) is 0 Å². The summed E-state index contributed by atoms with van der Waals surface area (Å²) >= 11 is 0. The van der Waals surface area contributed by atoms with Crippen molar-refractivity contribution >= 4 is 11.8 Å². The van der Waals surface area contributed by atoms with Crippen molar-refractivity contribution in [3.63, 3.8) is 0 Å². The Morgan fingerprint density at radius 1 is 1.35 bits per heavy atom. The van der Waals surface area contributed by atoms with Gasteiger partial charge >= 0.3 is 6.18 Å². The van der Waals surface area contributed by atoms with Gasteiger partial charge in [-0.1, -0.05) is 0 Å². The number of carbonyl (C=O) groups is 2. The van der Waals surface area contributed by atoms with Crippen LogP contribution in [0.4, 0.5) is 13.2 Å². The topological polar surface area (TPSA) is 65.3 Å². The second kappa shape index (κ2) is 4.16. The lowest BCUT2D eigenvalue weighted by Gasteiger charge is -2.40. The second-order valence-corrected chi connectivity index (χ2v) is 5.45. The molecule has 6 nitrogen and oxygen atoms in total. The van der Waals surface area contributed by atoms with E-state index in [1.165, 1.54) is 4.90 Å². The maximum Gasteiger partial charge on any atom is 0.406 e. The van der Waals surface area contributed by atoms with E-state index in [0.717, 1.165) is 4.90 Å². The van der Waals surface area contributed by atoms with E-state index in [1.807, 2.05) is 0 Å². The average molecular weight is 290 g/mol. The maximum atomic E-state index is 12.4. The van der Waals surface area contributed by atoms with Crippen LogP contribution in [0.3, 0.4) is 0 Å². The van der Waals surface area contributed by atoms with Crippen molar-refractivity contribution in [3.05, 3.63) is 0 Å². The third-order valence-corrected chi connectivity index (χ3v) is 3.78. The van der Waals surface area contributed by atoms with Gasteiger partial charge in [-0.2, -0.15) is 23.4 Å². The van der Waals surface area contributed by atoms with E-state index in [-0.39, 0.29) is 6.54 Å². The van der Waals surface area contributed by atoms with Gasteiger partial charge in [0.2, 0.25) is 17.5 Å². The molecule has 0 bridgehead atoms. The highest BCUT2D eigenvalue weighted by atomic mass is 19.4. The first-order valence-corrected chi connectivity index (χ1v) is 6.38. The van der Waals surface area contributed by atoms with E-state index in [9.17, 15) is 22.8 Å². The summed E-state index contributed by atoms with van der Waals surface area (Å²) in [7, 11) is 0. The number of piperidine rings is 1. The van der Waals surface area contributed by atoms with Crippen molar-refractivity contribution in [2.24, 2.45) is 16.1 Å². The summed E-state index contributed by atoms with van der Waals surface area (Å²) in [6.07, 6.45) is -3.72. The molecule has 0 aromatic heterocycles. The summed E-state index contributed by atoms with van der Waals surface area (Å²) in [6, 6.07) is 0. The quantitative estimate of drug-likeness (QED) is 0.706. The second-order valence-electron chi connectivity index (χ2n) is 5.45. The summed E-state index contributed by atoms with van der Waals surface area (Å²) in [6.45, 7) is -0.551. The third-order valence-electron chi connectivity index (χ3n) is 3.78. The minimum absolute atomic E-state index is 0.0523. The molecule has 2 fully saturated rings. The fourth-order valence-corrected chi connectivity index (χ4v) is 2.68. The molecule has 110 valence electrons. The van der Waals surface area contributed by atoms with E-state index in [2.05, 4.69) is 10.2 Å². The molecular weight excluding hydrogens is 277 g/mol. The Labute approximate surface area is 112 Å². The lowest BCUT2D eigenvalue weighted by molar-refractivity contribution is -0.171. The largest absolute Gasteiger partial charge is 0.406 e. The van der Waals surface area contributed by atoms with E-state index in [4.69, 9.17) is 0 Å². The van der Waals surface area contributed by atoms with Crippen LogP contribution in [0.15, 0.2) is 10.2 Å². The number of rotatable bonds is 2. The number of alkyl halides is 3. The van der Waals surface area contributed by atoms with Gasteiger partial charge in [-0.3, -0.25) is 9.59 Å². The van der Waals surface area contributed by atoms with Gasteiger partial charge in [0.1, 0.15) is 12.5 Å². The molecule has 1 unspecified atom stereocenters. The highest BCUT2D eigenvalue weighted by Crippen LogP contribution is 2.39. The number of hydrogen-bond acceptors (Lipinski definition) is 4. The predicted octanol–water partition coefficient (Wildman–Crippen LogP) is 0.792. The molecule has 20 heavy (non-hydrogen) atoms. The molecule has 3 aliphatic heterocycles. The maximum absolute atomic E-state index is 12.4. The number of likely N-dealkylation sites (tertiary alicyclic amines) is 2. The first-order valence-electron chi connectivity index (χ1n) is 6.38. The van der Waals surface area contributed by atoms with Crippen molar-refractivity contribution in [1.82, 2.24) is 9.80 Å². The number of nitrogens with zero attached hydrogens (tertiary/aromatic N) is 4. The molecular formula is C11H13F3N4O2. The van der Waals surface area contributed by atoms with Crippen LogP contribution in [0.25, 0.3) is 0 Å². The SMILES string of the molecule is O=C1C(C(=O)N2CC3(C2)N=N3)CCCN1CC(F)(F)F. The zero-order valence-electron chi connectivity index (χ0n) is 10.6. The minimum atomic E-state index is -4.44. The van der Waals surface area contributed by atoms with Crippen LogP contribution in [0.1, 0.15) is 12.8 Å². The fourth-order valence-electron chi connectivity index (χ4n) is 2.68. The molecule has 2 amide bonds. The third kappa shape index (κ3) is 2.36. The molecule has 9 heteroatoms. The van der Waals surface area contributed by atoms with Gasteiger partial charge in [-0.05, 0) is 12.8 Å². The van der Waals surface area contributed by atoms with Crippen molar-refractivity contribution in [2.45, 2.75) is 24.7 Å². The summed E-state index contributed by atoms with van der Waals surface area (Å²) in [5.41, 5.74) is -0.459. The van der Waals surface area contributed by atoms with Crippen LogP contribution in [0, 0.1) is 5.92 Å². The molecule has 1 atom stereocenters. The van der Waals surface area contributed by atoms with Crippen LogP contribution in [-0.4, -0.2) is 59.6 Å². The zero-order valence-corrected chi connectivity index (χ0v) is 10.6. The summed E-state index contributed by atoms with van der Waals surface area (Å²) in [5, 5.41) is 7.57. The number of halogens is 3. The normalized spacial score (nSPS) is 27.8. The van der Waals surface area contributed by atoms with Crippen LogP contribution in [0.2, 0.25) is 0 Å². The molecule has 0 N–H and O–H groups in total. The number of carbonyl (C=O) groups excluding carboxylic acids is 2. The lowest BCUT2D eigenvalue weighted by Crippen LogP contribution is -2.60. The average Bonchev–Trinajstić information content (AvgIpc) is 3.07. The zero-order chi connectivity index (χ0) is 14.5. The highest BCUT2D eigenvalue weighted by Gasteiger charge is 2.55. The summed E-state index contributed by atoms with van der Waals surface area (Å²) in [5.74, 6) is -2.10. The van der Waals surface area contributed by atoms with Gasteiger partial charge in [0.25, 0.3) is 0 Å². The van der Waals surface area contributed by atoms with E-state index in [1.54, 1.807) is 0 Å². The van der Waals surface area contributed by atoms with E-state index < -0.39 is 36.1 Å². The minimum Gasteiger partial charge on any atom is -0.333 e. The highest BCUT2D eigenvalue weighted by molar-refractivity contribution is 6.01. The van der Waals surface area contributed by atoms with Crippen LogP contribution < -0.4 is 0 Å². The predicted molar refractivity (Wildman–Crippen MR) is 59.5 cm³/mol. The van der Waals surface area contributed by atoms with Gasteiger partial charge in [0, 0.05) is 6.54 Å². The summed E-state index contributed by atoms with van der Waals surface area (Å²) < 4.78 is 37.1. The van der Waals surface area contributed by atoms with Gasteiger partial charge in [0.15, 0.2) is 0 Å². The molecule has 1 spiro atoms. The Kier molecular flexibility index (Phi) is 2.77. The van der Waals surface area contributed by atoms with Crippen molar-refractivity contribution in [1.29, 1.82) is 0 Å². The Balaban J connectivity index is 1.61. The Hall–Kier alpha value is -1.67. The molecule has 0 saturated carbocycles. The molecule has 2 saturated heterocycles. The molecule has 0 aromatic rings. The molecule has 0 aliphatic carbocycles. The van der Waals surface area contributed by atoms with Gasteiger partial charge in [0.05, 0.1) is 13.1 Å². The smallest absolute Gasteiger partial charge is 0.333 e. The van der Waals surface area contributed by atoms with E-state index in [0.29, 0.717) is 25.9 Å². The molecule has 0 aromatic carbocycles. The van der Waals surface area contributed by atoms with Crippen molar-refractivity contribution in [3.8, 4) is 0 Å².